The van der Waals surface area contributed by atoms with Crippen LogP contribution in [0.1, 0.15) is 30.9 Å². The SMILES string of the molecule is COc1ncc(Br)cc1C1CCCCN1. The minimum Gasteiger partial charge on any atom is -0.481 e. The predicted molar refractivity (Wildman–Crippen MR) is 63.1 cm³/mol. The van der Waals surface area contributed by atoms with E-state index in [4.69, 9.17) is 4.74 Å². The van der Waals surface area contributed by atoms with Gasteiger partial charge in [-0.3, -0.25) is 0 Å². The first-order valence-corrected chi connectivity index (χ1v) is 6.03. The van der Waals surface area contributed by atoms with E-state index in [2.05, 4.69) is 32.3 Å². The summed E-state index contributed by atoms with van der Waals surface area (Å²) in [5, 5.41) is 3.50. The Morgan fingerprint density at radius 2 is 2.40 bits per heavy atom. The van der Waals surface area contributed by atoms with Crippen molar-refractivity contribution < 1.29 is 4.74 Å². The average molecular weight is 271 g/mol. The van der Waals surface area contributed by atoms with Gasteiger partial charge in [0.15, 0.2) is 0 Å². The second kappa shape index (κ2) is 4.94. The van der Waals surface area contributed by atoms with Crippen LogP contribution in [0.2, 0.25) is 0 Å². The Bertz CT molecular complexity index is 337. The number of ether oxygens (including phenoxy) is 1. The summed E-state index contributed by atoms with van der Waals surface area (Å²) in [6.07, 6.45) is 5.47. The summed E-state index contributed by atoms with van der Waals surface area (Å²) in [5.41, 5.74) is 1.16. The fourth-order valence-electron chi connectivity index (χ4n) is 1.98. The fourth-order valence-corrected chi connectivity index (χ4v) is 2.33. The molecule has 1 aliphatic rings. The molecule has 1 unspecified atom stereocenters. The number of methoxy groups -OCH3 is 1. The number of pyridine rings is 1. The molecule has 0 spiro atoms. The second-order valence-electron chi connectivity index (χ2n) is 3.75. The van der Waals surface area contributed by atoms with Crippen molar-refractivity contribution in [3.8, 4) is 5.88 Å². The normalized spacial score (nSPS) is 21.3. The number of aromatic nitrogens is 1. The van der Waals surface area contributed by atoms with E-state index in [1.165, 1.54) is 12.8 Å². The third kappa shape index (κ3) is 2.49. The molecule has 2 rings (SSSR count). The smallest absolute Gasteiger partial charge is 0.217 e. The summed E-state index contributed by atoms with van der Waals surface area (Å²) in [7, 11) is 1.67. The van der Waals surface area contributed by atoms with E-state index in [9.17, 15) is 0 Å². The van der Waals surface area contributed by atoms with Gasteiger partial charge in [0, 0.05) is 22.3 Å². The van der Waals surface area contributed by atoms with E-state index >= 15 is 0 Å². The van der Waals surface area contributed by atoms with Crippen LogP contribution in [0.15, 0.2) is 16.7 Å². The van der Waals surface area contributed by atoms with Crippen molar-refractivity contribution in [1.29, 1.82) is 0 Å². The predicted octanol–water partition coefficient (Wildman–Crippen LogP) is 2.67. The van der Waals surface area contributed by atoms with Gasteiger partial charge in [-0.2, -0.15) is 0 Å². The van der Waals surface area contributed by atoms with Crippen LogP contribution in [-0.4, -0.2) is 18.6 Å². The van der Waals surface area contributed by atoms with Gasteiger partial charge in [-0.1, -0.05) is 6.42 Å². The molecular formula is C11H15BrN2O. The molecule has 0 radical (unpaired) electrons. The molecule has 0 amide bonds. The van der Waals surface area contributed by atoms with Gasteiger partial charge in [-0.15, -0.1) is 0 Å². The molecule has 82 valence electrons. The minimum absolute atomic E-state index is 0.388. The quantitative estimate of drug-likeness (QED) is 0.898. The Hall–Kier alpha value is -0.610. The Morgan fingerprint density at radius 3 is 3.07 bits per heavy atom. The molecule has 1 aliphatic heterocycles. The van der Waals surface area contributed by atoms with Crippen molar-refractivity contribution >= 4 is 15.9 Å². The van der Waals surface area contributed by atoms with Crippen LogP contribution in [0, 0.1) is 0 Å². The second-order valence-corrected chi connectivity index (χ2v) is 4.67. The summed E-state index contributed by atoms with van der Waals surface area (Å²) in [5.74, 6) is 0.734. The zero-order valence-electron chi connectivity index (χ0n) is 8.79. The molecular weight excluding hydrogens is 256 g/mol. The molecule has 0 saturated carbocycles. The Morgan fingerprint density at radius 1 is 1.53 bits per heavy atom. The molecule has 0 bridgehead atoms. The summed E-state index contributed by atoms with van der Waals surface area (Å²) >= 11 is 3.45. The average Bonchev–Trinajstić information content (AvgIpc) is 2.30. The van der Waals surface area contributed by atoms with Gasteiger partial charge >= 0.3 is 0 Å². The van der Waals surface area contributed by atoms with Crippen LogP contribution in [-0.2, 0) is 0 Å². The molecule has 1 atom stereocenters. The molecule has 1 aromatic rings. The number of halogens is 1. The Balaban J connectivity index is 2.27. The summed E-state index contributed by atoms with van der Waals surface area (Å²) < 4.78 is 6.29. The van der Waals surface area contributed by atoms with Gasteiger partial charge in [0.05, 0.1) is 7.11 Å². The van der Waals surface area contributed by atoms with Crippen molar-refractivity contribution in [3.05, 3.63) is 22.3 Å². The number of hydrogen-bond donors (Lipinski definition) is 1. The lowest BCUT2D eigenvalue weighted by atomic mass is 9.98. The van der Waals surface area contributed by atoms with Crippen LogP contribution >= 0.6 is 15.9 Å². The van der Waals surface area contributed by atoms with Crippen molar-refractivity contribution in [2.75, 3.05) is 13.7 Å². The maximum atomic E-state index is 5.28. The molecule has 3 nitrogen and oxygen atoms in total. The number of nitrogens with zero attached hydrogens (tertiary/aromatic N) is 1. The largest absolute Gasteiger partial charge is 0.481 e. The maximum absolute atomic E-state index is 5.28. The van der Waals surface area contributed by atoms with E-state index in [0.29, 0.717) is 6.04 Å². The highest BCUT2D eigenvalue weighted by atomic mass is 79.9. The molecule has 0 aromatic carbocycles. The summed E-state index contributed by atoms with van der Waals surface area (Å²) in [6.45, 7) is 1.08. The lowest BCUT2D eigenvalue weighted by Gasteiger charge is -2.24. The number of piperidine rings is 1. The van der Waals surface area contributed by atoms with Crippen molar-refractivity contribution in [3.63, 3.8) is 0 Å². The first-order chi connectivity index (χ1) is 7.31. The van der Waals surface area contributed by atoms with Crippen LogP contribution in [0.25, 0.3) is 0 Å². The molecule has 1 N–H and O–H groups in total. The van der Waals surface area contributed by atoms with Gasteiger partial charge < -0.3 is 10.1 Å². The summed E-state index contributed by atoms with van der Waals surface area (Å²) in [4.78, 5) is 4.26. The molecule has 1 aromatic heterocycles. The maximum Gasteiger partial charge on any atom is 0.217 e. The fraction of sp³-hybridized carbons (Fsp3) is 0.545. The van der Waals surface area contributed by atoms with Gasteiger partial charge in [0.2, 0.25) is 5.88 Å². The lowest BCUT2D eigenvalue weighted by Crippen LogP contribution is -2.27. The van der Waals surface area contributed by atoms with E-state index < -0.39 is 0 Å². The zero-order valence-corrected chi connectivity index (χ0v) is 10.4. The first-order valence-electron chi connectivity index (χ1n) is 5.24. The highest BCUT2D eigenvalue weighted by Crippen LogP contribution is 2.30. The van der Waals surface area contributed by atoms with Crippen molar-refractivity contribution in [1.82, 2.24) is 10.3 Å². The van der Waals surface area contributed by atoms with E-state index in [0.717, 1.165) is 28.9 Å². The lowest BCUT2D eigenvalue weighted by molar-refractivity contribution is 0.362. The van der Waals surface area contributed by atoms with Crippen LogP contribution < -0.4 is 10.1 Å². The number of nitrogens with one attached hydrogen (secondary N) is 1. The van der Waals surface area contributed by atoms with Crippen molar-refractivity contribution in [2.45, 2.75) is 25.3 Å². The third-order valence-corrected chi connectivity index (χ3v) is 3.16. The van der Waals surface area contributed by atoms with Crippen LogP contribution in [0.4, 0.5) is 0 Å². The van der Waals surface area contributed by atoms with Gasteiger partial charge in [-0.05, 0) is 41.4 Å². The molecule has 2 heterocycles. The Labute approximate surface area is 98.4 Å². The Kier molecular flexibility index (Phi) is 3.59. The van der Waals surface area contributed by atoms with Crippen LogP contribution in [0.5, 0.6) is 5.88 Å². The zero-order chi connectivity index (χ0) is 10.7. The number of hydrogen-bond acceptors (Lipinski definition) is 3. The molecule has 0 aliphatic carbocycles. The van der Waals surface area contributed by atoms with E-state index in [-0.39, 0.29) is 0 Å². The van der Waals surface area contributed by atoms with Crippen LogP contribution in [0.3, 0.4) is 0 Å². The highest BCUT2D eigenvalue weighted by Gasteiger charge is 2.19. The molecule has 1 fully saturated rings. The number of rotatable bonds is 2. The monoisotopic (exact) mass is 270 g/mol. The van der Waals surface area contributed by atoms with E-state index in [1.54, 1.807) is 13.3 Å². The first kappa shape index (κ1) is 10.9. The van der Waals surface area contributed by atoms with Gasteiger partial charge in [0.1, 0.15) is 0 Å². The molecule has 1 saturated heterocycles. The van der Waals surface area contributed by atoms with Gasteiger partial charge in [0.25, 0.3) is 0 Å². The summed E-state index contributed by atoms with van der Waals surface area (Å²) in [6, 6.07) is 2.48. The third-order valence-electron chi connectivity index (χ3n) is 2.72. The molecule has 15 heavy (non-hydrogen) atoms. The topological polar surface area (TPSA) is 34.1 Å². The minimum atomic E-state index is 0.388. The van der Waals surface area contributed by atoms with Gasteiger partial charge in [-0.25, -0.2) is 4.98 Å². The molecule has 4 heteroatoms. The van der Waals surface area contributed by atoms with Crippen molar-refractivity contribution in [2.24, 2.45) is 0 Å². The standard InChI is InChI=1S/C11H15BrN2O/c1-15-11-9(6-8(12)7-14-11)10-4-2-3-5-13-10/h6-7,10,13H,2-5H2,1H3. The van der Waals surface area contributed by atoms with E-state index in [1.807, 2.05) is 0 Å². The highest BCUT2D eigenvalue weighted by molar-refractivity contribution is 9.10.